The molecule has 0 fully saturated rings. The van der Waals surface area contributed by atoms with E-state index in [9.17, 15) is 14.4 Å². The second-order valence-corrected chi connectivity index (χ2v) is 6.73. The standard InChI is InChI=1S/C22H27N3O4/c1-4-5-14-23-19-9-7-6-8-18(19)22(28)29-15-20(26)24-17-12-10-16(11-13-17)21(27)25(2)3/h6-13,23H,4-5,14-15H2,1-3H3,(H,24,26). The van der Waals surface area contributed by atoms with Crippen molar-refractivity contribution in [2.24, 2.45) is 0 Å². The molecule has 0 spiro atoms. The van der Waals surface area contributed by atoms with E-state index in [0.717, 1.165) is 19.4 Å². The molecule has 0 aliphatic carbocycles. The van der Waals surface area contributed by atoms with Gasteiger partial charge in [-0.25, -0.2) is 4.79 Å². The first-order valence-electron chi connectivity index (χ1n) is 9.54. The number of rotatable bonds is 9. The number of anilines is 2. The Morgan fingerprint density at radius 1 is 1.00 bits per heavy atom. The fourth-order valence-corrected chi connectivity index (χ4v) is 2.58. The van der Waals surface area contributed by atoms with E-state index in [0.29, 0.717) is 22.5 Å². The van der Waals surface area contributed by atoms with E-state index < -0.39 is 18.5 Å². The van der Waals surface area contributed by atoms with Gasteiger partial charge in [-0.05, 0) is 42.8 Å². The lowest BCUT2D eigenvalue weighted by molar-refractivity contribution is -0.119. The normalized spacial score (nSPS) is 10.2. The topological polar surface area (TPSA) is 87.7 Å². The highest BCUT2D eigenvalue weighted by Gasteiger charge is 2.14. The van der Waals surface area contributed by atoms with Crippen molar-refractivity contribution in [1.82, 2.24) is 4.90 Å². The van der Waals surface area contributed by atoms with Gasteiger partial charge in [-0.3, -0.25) is 9.59 Å². The van der Waals surface area contributed by atoms with Crippen molar-refractivity contribution >= 4 is 29.2 Å². The summed E-state index contributed by atoms with van der Waals surface area (Å²) < 4.78 is 5.15. The molecule has 7 nitrogen and oxygen atoms in total. The van der Waals surface area contributed by atoms with Gasteiger partial charge >= 0.3 is 5.97 Å². The van der Waals surface area contributed by atoms with Gasteiger partial charge < -0.3 is 20.3 Å². The van der Waals surface area contributed by atoms with E-state index in [4.69, 9.17) is 4.74 Å². The van der Waals surface area contributed by atoms with Crippen molar-refractivity contribution in [2.45, 2.75) is 19.8 Å². The minimum Gasteiger partial charge on any atom is -0.452 e. The second kappa shape index (κ2) is 10.8. The van der Waals surface area contributed by atoms with E-state index in [-0.39, 0.29) is 5.91 Å². The summed E-state index contributed by atoms with van der Waals surface area (Å²) in [5, 5.41) is 5.86. The van der Waals surface area contributed by atoms with Crippen LogP contribution in [0.25, 0.3) is 0 Å². The van der Waals surface area contributed by atoms with Gasteiger partial charge in [-0.2, -0.15) is 0 Å². The molecule has 29 heavy (non-hydrogen) atoms. The Hall–Kier alpha value is -3.35. The Balaban J connectivity index is 1.89. The molecule has 0 radical (unpaired) electrons. The molecule has 2 N–H and O–H groups in total. The zero-order valence-electron chi connectivity index (χ0n) is 17.0. The highest BCUT2D eigenvalue weighted by Crippen LogP contribution is 2.16. The molecule has 2 rings (SSSR count). The summed E-state index contributed by atoms with van der Waals surface area (Å²) in [5.41, 5.74) is 2.12. The summed E-state index contributed by atoms with van der Waals surface area (Å²) in [5.74, 6) is -1.14. The molecule has 0 aliphatic heterocycles. The summed E-state index contributed by atoms with van der Waals surface area (Å²) in [7, 11) is 3.34. The lowest BCUT2D eigenvalue weighted by atomic mass is 10.1. The number of nitrogens with zero attached hydrogens (tertiary/aromatic N) is 1. The molecule has 0 aliphatic rings. The van der Waals surface area contributed by atoms with Crippen LogP contribution in [-0.2, 0) is 9.53 Å². The van der Waals surface area contributed by atoms with Gasteiger partial charge in [0.1, 0.15) is 0 Å². The van der Waals surface area contributed by atoms with E-state index in [2.05, 4.69) is 17.6 Å². The molecule has 0 atom stereocenters. The number of benzene rings is 2. The number of carbonyl (C=O) groups is 3. The molecule has 0 aromatic heterocycles. The average molecular weight is 397 g/mol. The maximum atomic E-state index is 12.4. The van der Waals surface area contributed by atoms with Crippen LogP contribution in [-0.4, -0.2) is 49.9 Å². The first-order valence-corrected chi connectivity index (χ1v) is 9.54. The van der Waals surface area contributed by atoms with Crippen LogP contribution < -0.4 is 10.6 Å². The molecule has 2 amide bonds. The van der Waals surface area contributed by atoms with Crippen molar-refractivity contribution in [2.75, 3.05) is 37.9 Å². The van der Waals surface area contributed by atoms with E-state index >= 15 is 0 Å². The maximum absolute atomic E-state index is 12.4. The summed E-state index contributed by atoms with van der Waals surface area (Å²) in [6, 6.07) is 13.6. The third-order valence-corrected chi connectivity index (χ3v) is 4.15. The molecule has 2 aromatic carbocycles. The summed E-state index contributed by atoms with van der Waals surface area (Å²) in [6.45, 7) is 2.45. The predicted octanol–water partition coefficient (Wildman–Crippen LogP) is 3.40. The Bertz CT molecular complexity index is 847. The molecule has 0 saturated heterocycles. The fourth-order valence-electron chi connectivity index (χ4n) is 2.58. The largest absolute Gasteiger partial charge is 0.452 e. The molecule has 0 saturated carbocycles. The first kappa shape index (κ1) is 21.9. The van der Waals surface area contributed by atoms with Gasteiger partial charge in [0.15, 0.2) is 6.61 Å². The zero-order valence-corrected chi connectivity index (χ0v) is 17.0. The van der Waals surface area contributed by atoms with E-state index in [1.165, 1.54) is 4.90 Å². The van der Waals surface area contributed by atoms with Crippen LogP contribution in [0.2, 0.25) is 0 Å². The predicted molar refractivity (Wildman–Crippen MR) is 113 cm³/mol. The number of para-hydroxylation sites is 1. The number of esters is 1. The number of unbranched alkanes of at least 4 members (excludes halogenated alkanes) is 1. The molecule has 0 bridgehead atoms. The van der Waals surface area contributed by atoms with Crippen LogP contribution in [0.5, 0.6) is 0 Å². The number of hydrogen-bond donors (Lipinski definition) is 2. The van der Waals surface area contributed by atoms with Gasteiger partial charge in [-0.1, -0.05) is 25.5 Å². The molecule has 0 unspecified atom stereocenters. The van der Waals surface area contributed by atoms with Crippen LogP contribution in [0, 0.1) is 0 Å². The van der Waals surface area contributed by atoms with Crippen LogP contribution >= 0.6 is 0 Å². The highest BCUT2D eigenvalue weighted by molar-refractivity contribution is 5.99. The number of hydrogen-bond acceptors (Lipinski definition) is 5. The summed E-state index contributed by atoms with van der Waals surface area (Å²) >= 11 is 0. The van der Waals surface area contributed by atoms with Crippen molar-refractivity contribution in [3.05, 3.63) is 59.7 Å². The SMILES string of the molecule is CCCCNc1ccccc1C(=O)OCC(=O)Nc1ccc(C(=O)N(C)C)cc1. The number of amides is 2. The molecule has 0 heterocycles. The third-order valence-electron chi connectivity index (χ3n) is 4.15. The smallest absolute Gasteiger partial charge is 0.340 e. The summed E-state index contributed by atoms with van der Waals surface area (Å²) in [4.78, 5) is 37.8. The number of ether oxygens (including phenoxy) is 1. The monoisotopic (exact) mass is 397 g/mol. The van der Waals surface area contributed by atoms with Gasteiger partial charge in [0.25, 0.3) is 11.8 Å². The minimum atomic E-state index is -0.563. The molecule has 2 aromatic rings. The van der Waals surface area contributed by atoms with Crippen LogP contribution in [0.4, 0.5) is 11.4 Å². The zero-order chi connectivity index (χ0) is 21.2. The maximum Gasteiger partial charge on any atom is 0.340 e. The quantitative estimate of drug-likeness (QED) is 0.500. The van der Waals surface area contributed by atoms with E-state index in [1.54, 1.807) is 50.5 Å². The van der Waals surface area contributed by atoms with Crippen LogP contribution in [0.15, 0.2) is 48.5 Å². The Labute approximate surface area is 171 Å². The summed E-state index contributed by atoms with van der Waals surface area (Å²) in [6.07, 6.45) is 2.04. The Kier molecular flexibility index (Phi) is 8.21. The van der Waals surface area contributed by atoms with Gasteiger partial charge in [-0.15, -0.1) is 0 Å². The van der Waals surface area contributed by atoms with Crippen molar-refractivity contribution < 1.29 is 19.1 Å². The minimum absolute atomic E-state index is 0.122. The Morgan fingerprint density at radius 2 is 1.69 bits per heavy atom. The van der Waals surface area contributed by atoms with Crippen molar-refractivity contribution in [3.63, 3.8) is 0 Å². The molecule has 7 heteroatoms. The lowest BCUT2D eigenvalue weighted by Crippen LogP contribution is -2.22. The number of carbonyl (C=O) groups excluding carboxylic acids is 3. The lowest BCUT2D eigenvalue weighted by Gasteiger charge is -2.12. The van der Waals surface area contributed by atoms with Crippen molar-refractivity contribution in [3.8, 4) is 0 Å². The van der Waals surface area contributed by atoms with Crippen LogP contribution in [0.1, 0.15) is 40.5 Å². The second-order valence-electron chi connectivity index (χ2n) is 6.73. The Morgan fingerprint density at radius 3 is 2.34 bits per heavy atom. The first-order chi connectivity index (χ1) is 13.9. The van der Waals surface area contributed by atoms with E-state index in [1.807, 2.05) is 12.1 Å². The van der Waals surface area contributed by atoms with Crippen LogP contribution in [0.3, 0.4) is 0 Å². The van der Waals surface area contributed by atoms with Crippen molar-refractivity contribution in [1.29, 1.82) is 0 Å². The highest BCUT2D eigenvalue weighted by atomic mass is 16.5. The molecular formula is C22H27N3O4. The third kappa shape index (κ3) is 6.64. The molecule has 154 valence electrons. The fraction of sp³-hybridized carbons (Fsp3) is 0.318. The number of nitrogens with one attached hydrogen (secondary N) is 2. The van der Waals surface area contributed by atoms with Gasteiger partial charge in [0.2, 0.25) is 0 Å². The molecular weight excluding hydrogens is 370 g/mol. The van der Waals surface area contributed by atoms with Gasteiger partial charge in [0.05, 0.1) is 5.56 Å². The van der Waals surface area contributed by atoms with Gasteiger partial charge in [0, 0.05) is 37.6 Å². The average Bonchev–Trinajstić information content (AvgIpc) is 2.72.